The molecule has 0 aliphatic heterocycles. The van der Waals surface area contributed by atoms with Crippen molar-refractivity contribution in [3.63, 3.8) is 0 Å². The summed E-state index contributed by atoms with van der Waals surface area (Å²) in [6.45, 7) is 0. The molecule has 2 heteroatoms. The fraction of sp³-hybridized carbons (Fsp3) is 0. The second-order valence-corrected chi connectivity index (χ2v) is 1.63. The molecule has 0 saturated heterocycles. The van der Waals surface area contributed by atoms with Crippen molar-refractivity contribution in [1.82, 2.24) is 0 Å². The Hall–Kier alpha value is -0.771. The maximum absolute atomic E-state index is 12.1. The van der Waals surface area contributed by atoms with Crippen LogP contribution in [0.5, 0.6) is 0 Å². The topological polar surface area (TPSA) is 0 Å². The van der Waals surface area contributed by atoms with Crippen molar-refractivity contribution in [2.24, 2.45) is 0 Å². The first kappa shape index (κ1) is 9.23. The third kappa shape index (κ3) is 2.22. The predicted octanol–water partition coefficient (Wildman–Crippen LogP) is 1.76. The van der Waals surface area contributed by atoms with Crippen LogP contribution < -0.4 is 0 Å². The molecule has 0 fully saturated rings. The van der Waals surface area contributed by atoms with E-state index in [1.807, 2.05) is 0 Å². The van der Waals surface area contributed by atoms with E-state index in [4.69, 9.17) is 6.42 Å². The minimum atomic E-state index is -0.283. The third-order valence-corrected chi connectivity index (χ3v) is 0.989. The Kier molecular flexibility index (Phi) is 3.79. The molecule has 0 amide bonds. The van der Waals surface area contributed by atoms with Crippen LogP contribution in [0.2, 0.25) is 0 Å². The van der Waals surface area contributed by atoms with Gasteiger partial charge in [0.05, 0.1) is 0 Å². The van der Waals surface area contributed by atoms with Crippen molar-refractivity contribution >= 4 is 0 Å². The molecule has 0 aliphatic carbocycles. The van der Waals surface area contributed by atoms with E-state index in [2.05, 4.69) is 5.92 Å². The predicted molar refractivity (Wildman–Crippen MR) is 32.6 cm³/mol. The minimum absolute atomic E-state index is 0. The molecule has 54 valence electrons. The molecule has 0 unspecified atom stereocenters. The first-order valence-corrected chi connectivity index (χ1v) is 2.51. The maximum Gasteiger partial charge on any atom is 1.00 e. The molecule has 0 aromatic heterocycles. The SMILES string of the molecule is [C-]#Cc1ccc(F)cc1.[Cu+]. The molecular formula is C8H4CuF. The van der Waals surface area contributed by atoms with Crippen LogP contribution in [-0.2, 0) is 17.1 Å². The van der Waals surface area contributed by atoms with Gasteiger partial charge in [-0.1, -0.05) is 0 Å². The normalized spacial score (nSPS) is 7.60. The first-order chi connectivity index (χ1) is 4.33. The van der Waals surface area contributed by atoms with Crippen molar-refractivity contribution in [2.75, 3.05) is 0 Å². The maximum atomic E-state index is 12.1. The van der Waals surface area contributed by atoms with Crippen molar-refractivity contribution in [3.8, 4) is 5.92 Å². The largest absolute Gasteiger partial charge is 1.00 e. The van der Waals surface area contributed by atoms with Crippen LogP contribution >= 0.6 is 0 Å². The summed E-state index contributed by atoms with van der Waals surface area (Å²) in [7, 11) is 0. The second-order valence-electron chi connectivity index (χ2n) is 1.63. The van der Waals surface area contributed by atoms with Gasteiger partial charge in [0, 0.05) is 0 Å². The van der Waals surface area contributed by atoms with Gasteiger partial charge < -0.3 is 6.42 Å². The molecule has 1 rings (SSSR count). The van der Waals surface area contributed by atoms with Gasteiger partial charge in [-0.25, -0.2) is 4.39 Å². The van der Waals surface area contributed by atoms with Crippen LogP contribution in [0.15, 0.2) is 24.3 Å². The standard InChI is InChI=1S/C8H4F.Cu/c1-2-7-3-5-8(9)6-4-7;/h3-6H;/q-1;+1. The van der Waals surface area contributed by atoms with Gasteiger partial charge in [-0.2, -0.15) is 0 Å². The Morgan fingerprint density at radius 2 is 1.70 bits per heavy atom. The third-order valence-electron chi connectivity index (χ3n) is 0.989. The molecule has 0 N–H and O–H groups in total. The van der Waals surface area contributed by atoms with Crippen LogP contribution in [0.1, 0.15) is 5.56 Å². The summed E-state index contributed by atoms with van der Waals surface area (Å²) in [4.78, 5) is 0. The quantitative estimate of drug-likeness (QED) is 0.326. The number of hydrogen-bond acceptors (Lipinski definition) is 0. The smallest absolute Gasteiger partial charge is 0.366 e. The fourth-order valence-corrected chi connectivity index (χ4v) is 0.533. The zero-order valence-corrected chi connectivity index (χ0v) is 5.93. The van der Waals surface area contributed by atoms with Crippen molar-refractivity contribution in [2.45, 2.75) is 0 Å². The van der Waals surface area contributed by atoms with Gasteiger partial charge in [-0.05, 0) is 12.1 Å². The van der Waals surface area contributed by atoms with Crippen molar-refractivity contribution in [3.05, 3.63) is 42.1 Å². The summed E-state index contributed by atoms with van der Waals surface area (Å²) in [6, 6.07) is 5.61. The monoisotopic (exact) mass is 182 g/mol. The second kappa shape index (κ2) is 4.11. The van der Waals surface area contributed by atoms with E-state index < -0.39 is 0 Å². The van der Waals surface area contributed by atoms with Crippen molar-refractivity contribution in [1.29, 1.82) is 0 Å². The van der Waals surface area contributed by atoms with Gasteiger partial charge in [0.25, 0.3) is 0 Å². The Bertz CT molecular complexity index is 232. The average molecular weight is 183 g/mol. The van der Waals surface area contributed by atoms with Gasteiger partial charge in [0.15, 0.2) is 0 Å². The number of benzene rings is 1. The van der Waals surface area contributed by atoms with Crippen molar-refractivity contribution < 1.29 is 21.5 Å². The molecule has 10 heavy (non-hydrogen) atoms. The van der Waals surface area contributed by atoms with Gasteiger partial charge in [0.2, 0.25) is 0 Å². The molecule has 0 bridgehead atoms. The van der Waals surface area contributed by atoms with E-state index in [0.29, 0.717) is 5.56 Å². The molecule has 0 atom stereocenters. The van der Waals surface area contributed by atoms with E-state index in [1.54, 1.807) is 0 Å². The van der Waals surface area contributed by atoms with Crippen LogP contribution in [0.25, 0.3) is 0 Å². The number of hydrogen-bond donors (Lipinski definition) is 0. The molecule has 0 aliphatic rings. The molecule has 0 saturated carbocycles. The molecule has 1 aromatic rings. The summed E-state index contributed by atoms with van der Waals surface area (Å²) in [5.74, 6) is 1.85. The van der Waals surface area contributed by atoms with Crippen LogP contribution in [0, 0.1) is 18.2 Å². The van der Waals surface area contributed by atoms with E-state index in [1.165, 1.54) is 24.3 Å². The number of rotatable bonds is 0. The zero-order valence-electron chi connectivity index (χ0n) is 4.99. The van der Waals surface area contributed by atoms with Gasteiger partial charge in [-0.3, -0.25) is 5.92 Å². The van der Waals surface area contributed by atoms with Gasteiger partial charge in [0.1, 0.15) is 5.82 Å². The molecule has 0 radical (unpaired) electrons. The molecule has 0 heterocycles. The number of halogens is 1. The summed E-state index contributed by atoms with van der Waals surface area (Å²) in [5, 5.41) is 0. The molecule has 0 nitrogen and oxygen atoms in total. The Balaban J connectivity index is 0.000000810. The van der Waals surface area contributed by atoms with E-state index in [9.17, 15) is 4.39 Å². The van der Waals surface area contributed by atoms with Gasteiger partial charge >= 0.3 is 17.1 Å². The fourth-order valence-electron chi connectivity index (χ4n) is 0.533. The Morgan fingerprint density at radius 1 is 1.20 bits per heavy atom. The van der Waals surface area contributed by atoms with Crippen LogP contribution in [0.4, 0.5) is 4.39 Å². The summed E-state index contributed by atoms with van der Waals surface area (Å²) < 4.78 is 12.1. The first-order valence-electron chi connectivity index (χ1n) is 2.51. The summed E-state index contributed by atoms with van der Waals surface area (Å²) in [6.07, 6.45) is 6.64. The van der Waals surface area contributed by atoms with Gasteiger partial charge in [-0.15, -0.1) is 17.7 Å². The summed E-state index contributed by atoms with van der Waals surface area (Å²) >= 11 is 0. The van der Waals surface area contributed by atoms with Crippen LogP contribution in [-0.4, -0.2) is 0 Å². The molecule has 0 spiro atoms. The average Bonchev–Trinajstić information content (AvgIpc) is 1.90. The zero-order chi connectivity index (χ0) is 6.69. The Labute approximate surface area is 69.9 Å². The van der Waals surface area contributed by atoms with E-state index in [-0.39, 0.29) is 22.9 Å². The minimum Gasteiger partial charge on any atom is -0.366 e. The summed E-state index contributed by atoms with van der Waals surface area (Å²) in [5.41, 5.74) is 0.594. The van der Waals surface area contributed by atoms with Crippen LogP contribution in [0.3, 0.4) is 0 Å². The molecule has 1 aromatic carbocycles. The van der Waals surface area contributed by atoms with E-state index >= 15 is 0 Å². The Morgan fingerprint density at radius 3 is 2.10 bits per heavy atom. The molecular weight excluding hydrogens is 179 g/mol. The van der Waals surface area contributed by atoms with E-state index in [0.717, 1.165) is 0 Å².